The summed E-state index contributed by atoms with van der Waals surface area (Å²) in [6.45, 7) is 0. The molecule has 0 saturated heterocycles. The van der Waals surface area contributed by atoms with Crippen LogP contribution < -0.4 is 9.47 Å². The van der Waals surface area contributed by atoms with Crippen LogP contribution in [-0.2, 0) is 12.8 Å². The molecule has 0 spiro atoms. The molecule has 2 heteroatoms. The fourth-order valence-corrected chi connectivity index (χ4v) is 6.25. The van der Waals surface area contributed by atoms with Gasteiger partial charge in [0.05, 0.1) is 14.2 Å². The summed E-state index contributed by atoms with van der Waals surface area (Å²) < 4.78 is 12.0. The lowest BCUT2D eigenvalue weighted by Gasteiger charge is -2.30. The van der Waals surface area contributed by atoms with Gasteiger partial charge in [-0.3, -0.25) is 0 Å². The molecule has 0 aromatic heterocycles. The first-order valence-corrected chi connectivity index (χ1v) is 11.5. The van der Waals surface area contributed by atoms with Crippen LogP contribution in [0.1, 0.15) is 30.4 Å². The molecule has 2 aliphatic carbocycles. The van der Waals surface area contributed by atoms with Gasteiger partial charge in [0.25, 0.3) is 0 Å². The van der Waals surface area contributed by atoms with E-state index in [4.69, 9.17) is 9.47 Å². The van der Waals surface area contributed by atoms with E-state index in [-0.39, 0.29) is 0 Å². The fourth-order valence-electron chi connectivity index (χ4n) is 6.25. The highest BCUT2D eigenvalue weighted by Gasteiger charge is 2.34. The summed E-state index contributed by atoms with van der Waals surface area (Å²) in [4.78, 5) is 0. The van der Waals surface area contributed by atoms with Gasteiger partial charge < -0.3 is 9.47 Å². The Hall–Kier alpha value is -3.00. The Morgan fingerprint density at radius 3 is 1.55 bits per heavy atom. The zero-order chi connectivity index (χ0) is 20.9. The van der Waals surface area contributed by atoms with Crippen molar-refractivity contribution < 1.29 is 9.47 Å². The van der Waals surface area contributed by atoms with Crippen molar-refractivity contribution in [1.29, 1.82) is 0 Å². The topological polar surface area (TPSA) is 18.5 Å². The van der Waals surface area contributed by atoms with E-state index in [9.17, 15) is 0 Å². The molecule has 2 aliphatic rings. The smallest absolute Gasteiger partial charge is 0.123 e. The predicted octanol–water partition coefficient (Wildman–Crippen LogP) is 7.19. The van der Waals surface area contributed by atoms with Gasteiger partial charge in [0, 0.05) is 11.1 Å². The molecule has 4 aromatic carbocycles. The van der Waals surface area contributed by atoms with Crippen molar-refractivity contribution in [3.05, 3.63) is 71.8 Å². The normalized spacial score (nSPS) is 19.9. The van der Waals surface area contributed by atoms with Crippen molar-refractivity contribution in [1.82, 2.24) is 0 Å². The SMILES string of the molecule is COc1cc2ccccc2c2c1CC1CCCC1Cc1c(OC)cc3ccccc3c1-2. The minimum absolute atomic E-state index is 0.707. The van der Waals surface area contributed by atoms with Gasteiger partial charge in [0.15, 0.2) is 0 Å². The molecule has 0 heterocycles. The molecule has 0 bridgehead atoms. The second-order valence-electron chi connectivity index (χ2n) is 9.17. The Morgan fingerprint density at radius 2 is 1.10 bits per heavy atom. The van der Waals surface area contributed by atoms with Gasteiger partial charge in [-0.25, -0.2) is 0 Å². The first-order chi connectivity index (χ1) is 15.3. The maximum Gasteiger partial charge on any atom is 0.123 e. The van der Waals surface area contributed by atoms with Crippen molar-refractivity contribution in [2.24, 2.45) is 11.8 Å². The summed E-state index contributed by atoms with van der Waals surface area (Å²) in [6.07, 6.45) is 6.14. The molecular weight excluding hydrogens is 380 g/mol. The van der Waals surface area contributed by atoms with E-state index < -0.39 is 0 Å². The zero-order valence-corrected chi connectivity index (χ0v) is 18.3. The lowest BCUT2D eigenvalue weighted by atomic mass is 9.75. The maximum atomic E-state index is 6.02. The van der Waals surface area contributed by atoms with E-state index >= 15 is 0 Å². The van der Waals surface area contributed by atoms with Crippen molar-refractivity contribution in [3.63, 3.8) is 0 Å². The summed E-state index contributed by atoms with van der Waals surface area (Å²) in [7, 11) is 3.64. The van der Waals surface area contributed by atoms with Crippen LogP contribution in [0.4, 0.5) is 0 Å². The molecule has 1 saturated carbocycles. The molecule has 4 aromatic rings. The van der Waals surface area contributed by atoms with Crippen LogP contribution in [0, 0.1) is 11.8 Å². The number of fused-ring (bicyclic) bond motifs is 8. The molecule has 156 valence electrons. The number of hydrogen-bond acceptors (Lipinski definition) is 2. The van der Waals surface area contributed by atoms with Crippen molar-refractivity contribution in [3.8, 4) is 22.6 Å². The molecule has 0 N–H and O–H groups in total. The Kier molecular flexibility index (Phi) is 4.41. The minimum atomic E-state index is 0.707. The summed E-state index contributed by atoms with van der Waals surface area (Å²) in [5.41, 5.74) is 5.45. The van der Waals surface area contributed by atoms with E-state index in [0.717, 1.165) is 24.3 Å². The molecule has 0 radical (unpaired) electrons. The molecule has 6 rings (SSSR count). The van der Waals surface area contributed by atoms with E-state index in [2.05, 4.69) is 60.7 Å². The van der Waals surface area contributed by atoms with Crippen LogP contribution in [0.2, 0.25) is 0 Å². The number of rotatable bonds is 2. The maximum absolute atomic E-state index is 6.02. The molecule has 2 atom stereocenters. The molecular formula is C29H28O2. The average molecular weight is 409 g/mol. The molecule has 2 unspecified atom stereocenters. The van der Waals surface area contributed by atoms with Gasteiger partial charge in [-0.05, 0) is 82.3 Å². The number of hydrogen-bond donors (Lipinski definition) is 0. The first kappa shape index (κ1) is 18.7. The third-order valence-corrected chi connectivity index (χ3v) is 7.67. The lowest BCUT2D eigenvalue weighted by molar-refractivity contribution is 0.358. The quantitative estimate of drug-likeness (QED) is 0.349. The molecule has 31 heavy (non-hydrogen) atoms. The largest absolute Gasteiger partial charge is 0.496 e. The van der Waals surface area contributed by atoms with Crippen LogP contribution in [0.5, 0.6) is 11.5 Å². The Balaban J connectivity index is 1.82. The summed E-state index contributed by atoms with van der Waals surface area (Å²) >= 11 is 0. The standard InChI is InChI=1S/C29H28O2/c1-30-26-16-20-8-3-5-12-22(20)28-24(26)14-18-10-7-11-19(18)15-25-27(31-2)17-21-9-4-6-13-23(21)29(25)28/h3-6,8-9,12-13,16-19H,7,10-11,14-15H2,1-2H3. The Morgan fingerprint density at radius 1 is 0.645 bits per heavy atom. The Bertz CT molecular complexity index is 1200. The van der Waals surface area contributed by atoms with E-state index in [1.807, 2.05) is 14.2 Å². The van der Waals surface area contributed by atoms with Gasteiger partial charge in [-0.1, -0.05) is 55.0 Å². The van der Waals surface area contributed by atoms with Gasteiger partial charge in [0.1, 0.15) is 11.5 Å². The molecule has 0 amide bonds. The van der Waals surface area contributed by atoms with Gasteiger partial charge in [-0.2, -0.15) is 0 Å². The second-order valence-corrected chi connectivity index (χ2v) is 9.17. The van der Waals surface area contributed by atoms with Crippen LogP contribution in [-0.4, -0.2) is 14.2 Å². The Labute approximate surface area is 183 Å². The van der Waals surface area contributed by atoms with Gasteiger partial charge >= 0.3 is 0 Å². The van der Waals surface area contributed by atoms with Crippen LogP contribution in [0.25, 0.3) is 32.7 Å². The van der Waals surface area contributed by atoms with Crippen LogP contribution in [0.15, 0.2) is 60.7 Å². The minimum Gasteiger partial charge on any atom is -0.496 e. The highest BCUT2D eigenvalue weighted by Crippen LogP contribution is 2.51. The number of benzene rings is 4. The highest BCUT2D eigenvalue weighted by atomic mass is 16.5. The monoisotopic (exact) mass is 408 g/mol. The van der Waals surface area contributed by atoms with Gasteiger partial charge in [-0.15, -0.1) is 0 Å². The van der Waals surface area contributed by atoms with Crippen LogP contribution in [0.3, 0.4) is 0 Å². The molecule has 0 aliphatic heterocycles. The van der Waals surface area contributed by atoms with E-state index in [0.29, 0.717) is 11.8 Å². The van der Waals surface area contributed by atoms with Crippen molar-refractivity contribution in [2.75, 3.05) is 14.2 Å². The molecule has 2 nitrogen and oxygen atoms in total. The third kappa shape index (κ3) is 2.85. The second kappa shape index (κ2) is 7.30. The summed E-state index contributed by atoms with van der Waals surface area (Å²) in [5.74, 6) is 3.47. The number of ether oxygens (including phenoxy) is 2. The summed E-state index contributed by atoms with van der Waals surface area (Å²) in [6, 6.07) is 22.0. The predicted molar refractivity (Wildman–Crippen MR) is 128 cm³/mol. The van der Waals surface area contributed by atoms with E-state index in [1.165, 1.54) is 63.1 Å². The highest BCUT2D eigenvalue weighted by molar-refractivity contribution is 6.09. The summed E-state index contributed by atoms with van der Waals surface area (Å²) in [5, 5.41) is 5.10. The fraction of sp³-hybridized carbons (Fsp3) is 0.310. The van der Waals surface area contributed by atoms with Crippen molar-refractivity contribution in [2.45, 2.75) is 32.1 Å². The van der Waals surface area contributed by atoms with Crippen molar-refractivity contribution >= 4 is 21.5 Å². The van der Waals surface area contributed by atoms with E-state index in [1.54, 1.807) is 0 Å². The average Bonchev–Trinajstić information content (AvgIpc) is 3.23. The van der Waals surface area contributed by atoms with Crippen LogP contribution >= 0.6 is 0 Å². The zero-order valence-electron chi connectivity index (χ0n) is 18.3. The third-order valence-electron chi connectivity index (χ3n) is 7.67. The number of methoxy groups -OCH3 is 2. The first-order valence-electron chi connectivity index (χ1n) is 11.5. The lowest BCUT2D eigenvalue weighted by Crippen LogP contribution is -2.18. The molecule has 1 fully saturated rings. The van der Waals surface area contributed by atoms with Gasteiger partial charge in [0.2, 0.25) is 0 Å².